The predicted molar refractivity (Wildman–Crippen MR) is 102 cm³/mol. The molecule has 0 bridgehead atoms. The summed E-state index contributed by atoms with van der Waals surface area (Å²) in [6.45, 7) is 5.67. The van der Waals surface area contributed by atoms with Crippen molar-refractivity contribution in [2.75, 3.05) is 0 Å². The van der Waals surface area contributed by atoms with E-state index in [2.05, 4.69) is 15.4 Å². The lowest BCUT2D eigenvalue weighted by Gasteiger charge is -2.15. The van der Waals surface area contributed by atoms with Crippen molar-refractivity contribution in [1.82, 2.24) is 15.4 Å². The number of benzene rings is 2. The molecule has 0 saturated heterocycles. The van der Waals surface area contributed by atoms with Gasteiger partial charge in [0, 0.05) is 12.6 Å². The number of carbonyl (C=O) groups is 1. The summed E-state index contributed by atoms with van der Waals surface area (Å²) in [5, 5.41) is 5.61. The van der Waals surface area contributed by atoms with Gasteiger partial charge in [-0.3, -0.25) is 0 Å². The zero-order valence-electron chi connectivity index (χ0n) is 15.2. The minimum absolute atomic E-state index is 0.127. The fraction of sp³-hybridized carbons (Fsp3) is 0.316. The number of rotatable bonds is 7. The van der Waals surface area contributed by atoms with Crippen molar-refractivity contribution in [3.63, 3.8) is 0 Å². The summed E-state index contributed by atoms with van der Waals surface area (Å²) in [5.41, 5.74) is 1.72. The average Bonchev–Trinajstić information content (AvgIpc) is 2.60. The number of sulfonamides is 1. The van der Waals surface area contributed by atoms with E-state index >= 15 is 0 Å². The van der Waals surface area contributed by atoms with Crippen LogP contribution < -0.4 is 15.4 Å². The van der Waals surface area contributed by atoms with E-state index in [-0.39, 0.29) is 29.6 Å². The van der Waals surface area contributed by atoms with Crippen LogP contribution in [0.3, 0.4) is 0 Å². The van der Waals surface area contributed by atoms with Crippen LogP contribution in [-0.4, -0.2) is 20.5 Å². The first-order chi connectivity index (χ1) is 12.3. The highest BCUT2D eigenvalue weighted by molar-refractivity contribution is 7.89. The predicted octanol–water partition coefficient (Wildman–Crippen LogP) is 2.93. The molecule has 0 radical (unpaired) electrons. The van der Waals surface area contributed by atoms with E-state index in [4.69, 9.17) is 0 Å². The monoisotopic (exact) mass is 375 g/mol. The number of hydrogen-bond acceptors (Lipinski definition) is 3. The highest BCUT2D eigenvalue weighted by Gasteiger charge is 2.15. The lowest BCUT2D eigenvalue weighted by atomic mass is 10.1. The first-order valence-corrected chi connectivity index (χ1v) is 9.97. The van der Waals surface area contributed by atoms with Gasteiger partial charge in [0.2, 0.25) is 10.0 Å². The third kappa shape index (κ3) is 5.86. The number of carbonyl (C=O) groups excluding carboxylic acids is 1. The number of urea groups is 1. The topological polar surface area (TPSA) is 87.3 Å². The van der Waals surface area contributed by atoms with E-state index in [1.165, 1.54) is 6.07 Å². The minimum atomic E-state index is -3.55. The Morgan fingerprint density at radius 1 is 1.00 bits per heavy atom. The van der Waals surface area contributed by atoms with Crippen molar-refractivity contribution in [2.45, 2.75) is 44.3 Å². The highest BCUT2D eigenvalue weighted by Crippen LogP contribution is 2.13. The molecule has 2 aromatic carbocycles. The summed E-state index contributed by atoms with van der Waals surface area (Å²) in [4.78, 5) is 12.3. The van der Waals surface area contributed by atoms with Gasteiger partial charge < -0.3 is 10.6 Å². The molecule has 6 nitrogen and oxygen atoms in total. The smallest absolute Gasteiger partial charge is 0.315 e. The normalized spacial score (nSPS) is 12.6. The molecule has 2 amide bonds. The third-order valence-electron chi connectivity index (χ3n) is 3.70. The van der Waals surface area contributed by atoms with Crippen molar-refractivity contribution in [3.8, 4) is 0 Å². The molecule has 26 heavy (non-hydrogen) atoms. The Kier molecular flexibility index (Phi) is 6.76. The van der Waals surface area contributed by atoms with E-state index in [1.807, 2.05) is 37.3 Å². The molecule has 0 fully saturated rings. The van der Waals surface area contributed by atoms with Gasteiger partial charge in [0.25, 0.3) is 0 Å². The van der Waals surface area contributed by atoms with Crippen LogP contribution in [0.1, 0.15) is 37.9 Å². The second kappa shape index (κ2) is 8.82. The minimum Gasteiger partial charge on any atom is -0.334 e. The van der Waals surface area contributed by atoms with Crippen LogP contribution in [0.5, 0.6) is 0 Å². The van der Waals surface area contributed by atoms with Crippen LogP contribution in [0.15, 0.2) is 59.5 Å². The zero-order chi connectivity index (χ0) is 19.2. The summed E-state index contributed by atoms with van der Waals surface area (Å²) >= 11 is 0. The molecule has 1 unspecified atom stereocenters. The molecule has 3 N–H and O–H groups in total. The lowest BCUT2D eigenvalue weighted by Crippen LogP contribution is -2.36. The highest BCUT2D eigenvalue weighted by atomic mass is 32.2. The SMILES string of the molecule is CC(C)NS(=O)(=O)c1cccc(CNC(=O)NC(C)c2ccccc2)c1. The van der Waals surface area contributed by atoms with E-state index in [0.29, 0.717) is 5.56 Å². The van der Waals surface area contributed by atoms with Gasteiger partial charge in [-0.05, 0) is 44.0 Å². The summed E-state index contributed by atoms with van der Waals surface area (Å²) < 4.78 is 27.0. The van der Waals surface area contributed by atoms with Crippen LogP contribution in [0.2, 0.25) is 0 Å². The maximum atomic E-state index is 12.2. The van der Waals surface area contributed by atoms with Gasteiger partial charge in [0.1, 0.15) is 0 Å². The van der Waals surface area contributed by atoms with Crippen LogP contribution in [-0.2, 0) is 16.6 Å². The van der Waals surface area contributed by atoms with Crippen LogP contribution in [0, 0.1) is 0 Å². The second-order valence-corrected chi connectivity index (χ2v) is 8.10. The maximum Gasteiger partial charge on any atom is 0.315 e. The van der Waals surface area contributed by atoms with Gasteiger partial charge in [-0.1, -0.05) is 42.5 Å². The van der Waals surface area contributed by atoms with Gasteiger partial charge in [-0.25, -0.2) is 17.9 Å². The largest absolute Gasteiger partial charge is 0.334 e. The molecule has 0 aliphatic rings. The number of nitrogens with one attached hydrogen (secondary N) is 3. The Bertz CT molecular complexity index is 836. The molecule has 0 spiro atoms. The van der Waals surface area contributed by atoms with E-state index in [9.17, 15) is 13.2 Å². The fourth-order valence-electron chi connectivity index (χ4n) is 2.46. The molecular weight excluding hydrogens is 350 g/mol. The molecule has 0 saturated carbocycles. The molecule has 0 aromatic heterocycles. The number of hydrogen-bond donors (Lipinski definition) is 3. The van der Waals surface area contributed by atoms with Crippen LogP contribution >= 0.6 is 0 Å². The summed E-state index contributed by atoms with van der Waals surface area (Å²) in [7, 11) is -3.55. The van der Waals surface area contributed by atoms with Crippen molar-refractivity contribution >= 4 is 16.1 Å². The summed E-state index contributed by atoms with van der Waals surface area (Å²) in [5.74, 6) is 0. The third-order valence-corrected chi connectivity index (χ3v) is 5.36. The molecule has 140 valence electrons. The standard InChI is InChI=1S/C19H25N3O3S/c1-14(2)22-26(24,25)18-11-7-8-16(12-18)13-20-19(23)21-15(3)17-9-5-4-6-10-17/h4-12,14-15,22H,13H2,1-3H3,(H2,20,21,23). The average molecular weight is 375 g/mol. The Morgan fingerprint density at radius 3 is 2.35 bits per heavy atom. The summed E-state index contributed by atoms with van der Waals surface area (Å²) in [6, 6.07) is 15.6. The molecule has 0 heterocycles. The van der Waals surface area contributed by atoms with Crippen molar-refractivity contribution < 1.29 is 13.2 Å². The fourth-order valence-corrected chi connectivity index (χ4v) is 3.78. The van der Waals surface area contributed by atoms with Gasteiger partial charge in [0.15, 0.2) is 0 Å². The van der Waals surface area contributed by atoms with E-state index in [0.717, 1.165) is 5.56 Å². The zero-order valence-corrected chi connectivity index (χ0v) is 16.0. The van der Waals surface area contributed by atoms with E-state index < -0.39 is 10.0 Å². The first-order valence-electron chi connectivity index (χ1n) is 8.48. The van der Waals surface area contributed by atoms with Crippen LogP contribution in [0.25, 0.3) is 0 Å². The molecule has 0 aliphatic heterocycles. The number of amides is 2. The Labute approximate surface area is 155 Å². The van der Waals surface area contributed by atoms with Gasteiger partial charge in [-0.15, -0.1) is 0 Å². The molecule has 0 aliphatic carbocycles. The molecular formula is C19H25N3O3S. The first kappa shape index (κ1) is 19.9. The van der Waals surface area contributed by atoms with Crippen molar-refractivity contribution in [2.24, 2.45) is 0 Å². The molecule has 1 atom stereocenters. The molecule has 2 aromatic rings. The van der Waals surface area contributed by atoms with Gasteiger partial charge in [0.05, 0.1) is 10.9 Å². The Hall–Kier alpha value is -2.38. The maximum absolute atomic E-state index is 12.2. The van der Waals surface area contributed by atoms with Crippen molar-refractivity contribution in [3.05, 3.63) is 65.7 Å². The lowest BCUT2D eigenvalue weighted by molar-refractivity contribution is 0.237. The van der Waals surface area contributed by atoms with E-state index in [1.54, 1.807) is 32.0 Å². The van der Waals surface area contributed by atoms with Crippen LogP contribution in [0.4, 0.5) is 4.79 Å². The Balaban J connectivity index is 1.95. The van der Waals surface area contributed by atoms with Gasteiger partial charge >= 0.3 is 6.03 Å². The summed E-state index contributed by atoms with van der Waals surface area (Å²) in [6.07, 6.45) is 0. The second-order valence-electron chi connectivity index (χ2n) is 6.38. The van der Waals surface area contributed by atoms with Gasteiger partial charge in [-0.2, -0.15) is 0 Å². The Morgan fingerprint density at radius 2 is 1.69 bits per heavy atom. The van der Waals surface area contributed by atoms with Crippen molar-refractivity contribution in [1.29, 1.82) is 0 Å². The molecule has 2 rings (SSSR count). The molecule has 7 heteroatoms. The quantitative estimate of drug-likeness (QED) is 0.695.